The second-order valence-electron chi connectivity index (χ2n) is 8.02. The first-order chi connectivity index (χ1) is 13.9. The van der Waals surface area contributed by atoms with E-state index in [1.54, 1.807) is 4.90 Å². The van der Waals surface area contributed by atoms with Gasteiger partial charge in [0.15, 0.2) is 6.61 Å². The van der Waals surface area contributed by atoms with Crippen LogP contribution in [0.3, 0.4) is 0 Å². The summed E-state index contributed by atoms with van der Waals surface area (Å²) < 4.78 is 5.89. The van der Waals surface area contributed by atoms with Crippen molar-refractivity contribution in [2.45, 2.75) is 39.5 Å². The van der Waals surface area contributed by atoms with Gasteiger partial charge in [0, 0.05) is 18.8 Å². The molecule has 29 heavy (non-hydrogen) atoms. The van der Waals surface area contributed by atoms with Crippen LogP contribution >= 0.6 is 0 Å². The Morgan fingerprint density at radius 3 is 2.66 bits per heavy atom. The van der Waals surface area contributed by atoms with Crippen LogP contribution in [0.5, 0.6) is 5.75 Å². The molecule has 1 N–H and O–H groups in total. The molecule has 0 radical (unpaired) electrons. The van der Waals surface area contributed by atoms with Gasteiger partial charge in [0.05, 0.1) is 5.92 Å². The number of para-hydroxylation sites is 1. The molecule has 1 heterocycles. The van der Waals surface area contributed by atoms with E-state index in [-0.39, 0.29) is 24.3 Å². The highest BCUT2D eigenvalue weighted by molar-refractivity contribution is 5.93. The van der Waals surface area contributed by atoms with Crippen molar-refractivity contribution < 1.29 is 14.3 Å². The number of nitrogens with zero attached hydrogens (tertiary/aromatic N) is 1. The quantitative estimate of drug-likeness (QED) is 0.791. The first-order valence-corrected chi connectivity index (χ1v) is 10.3. The number of carbonyl (C=O) groups is 2. The van der Waals surface area contributed by atoms with E-state index in [1.807, 2.05) is 43.3 Å². The molecular formula is C24H30N2O3. The Morgan fingerprint density at radius 2 is 1.93 bits per heavy atom. The molecule has 1 aliphatic rings. The van der Waals surface area contributed by atoms with Crippen molar-refractivity contribution in [2.75, 3.05) is 25.0 Å². The van der Waals surface area contributed by atoms with Gasteiger partial charge < -0.3 is 15.0 Å². The first-order valence-electron chi connectivity index (χ1n) is 10.3. The van der Waals surface area contributed by atoms with Crippen LogP contribution in [0.2, 0.25) is 0 Å². The summed E-state index contributed by atoms with van der Waals surface area (Å²) in [5, 5.41) is 2.95. The van der Waals surface area contributed by atoms with E-state index in [0.29, 0.717) is 19.0 Å². The molecule has 154 valence electrons. The molecule has 0 aromatic heterocycles. The zero-order chi connectivity index (χ0) is 20.8. The number of benzene rings is 2. The van der Waals surface area contributed by atoms with Crippen LogP contribution in [0.15, 0.2) is 48.5 Å². The second-order valence-corrected chi connectivity index (χ2v) is 8.02. The smallest absolute Gasteiger partial charge is 0.260 e. The average molecular weight is 395 g/mol. The number of nitrogens with one attached hydrogen (secondary N) is 1. The molecule has 0 spiro atoms. The van der Waals surface area contributed by atoms with E-state index >= 15 is 0 Å². The summed E-state index contributed by atoms with van der Waals surface area (Å²) in [6.45, 7) is 7.34. The van der Waals surface area contributed by atoms with Crippen molar-refractivity contribution in [2.24, 2.45) is 5.92 Å². The summed E-state index contributed by atoms with van der Waals surface area (Å²) in [4.78, 5) is 27.1. The fraction of sp³-hybridized carbons (Fsp3) is 0.417. The Morgan fingerprint density at radius 1 is 1.17 bits per heavy atom. The zero-order valence-electron chi connectivity index (χ0n) is 17.5. The molecule has 1 fully saturated rings. The second kappa shape index (κ2) is 9.59. The maximum atomic E-state index is 12.7. The van der Waals surface area contributed by atoms with Crippen LogP contribution in [-0.4, -0.2) is 36.4 Å². The van der Waals surface area contributed by atoms with Gasteiger partial charge in [-0.05, 0) is 55.0 Å². The van der Waals surface area contributed by atoms with E-state index in [0.717, 1.165) is 35.4 Å². The number of hydrogen-bond donors (Lipinski definition) is 1. The number of carbonyl (C=O) groups excluding carboxylic acids is 2. The zero-order valence-corrected chi connectivity index (χ0v) is 17.5. The van der Waals surface area contributed by atoms with Crippen LogP contribution < -0.4 is 10.1 Å². The Balaban J connectivity index is 1.57. The highest BCUT2D eigenvalue weighted by Gasteiger charge is 2.28. The van der Waals surface area contributed by atoms with Gasteiger partial charge in [-0.15, -0.1) is 0 Å². The monoisotopic (exact) mass is 394 g/mol. The summed E-state index contributed by atoms with van der Waals surface area (Å²) in [6.07, 6.45) is 1.61. The van der Waals surface area contributed by atoms with E-state index in [2.05, 4.69) is 31.3 Å². The fourth-order valence-electron chi connectivity index (χ4n) is 3.66. The standard InChI is InChI=1S/C24H30N2O3/c1-17(2)21-12-11-18(3)14-22(21)29-16-23(27)26-13-7-8-19(15-26)24(28)25-20-9-5-4-6-10-20/h4-6,9-12,14,17,19H,7-8,13,15-16H2,1-3H3,(H,25,28)/t19-/m1/s1. The largest absolute Gasteiger partial charge is 0.483 e. The predicted octanol–water partition coefficient (Wildman–Crippen LogP) is 4.37. The molecule has 5 nitrogen and oxygen atoms in total. The molecule has 2 aromatic carbocycles. The molecule has 2 aromatic rings. The minimum atomic E-state index is -0.196. The maximum Gasteiger partial charge on any atom is 0.260 e. The summed E-state index contributed by atoms with van der Waals surface area (Å²) in [7, 11) is 0. The normalized spacial score (nSPS) is 16.6. The lowest BCUT2D eigenvalue weighted by Gasteiger charge is -2.32. The molecule has 0 aliphatic carbocycles. The lowest BCUT2D eigenvalue weighted by molar-refractivity contribution is -0.136. The highest BCUT2D eigenvalue weighted by Crippen LogP contribution is 2.27. The van der Waals surface area contributed by atoms with E-state index in [9.17, 15) is 9.59 Å². The van der Waals surface area contributed by atoms with Gasteiger partial charge in [0.2, 0.25) is 5.91 Å². The van der Waals surface area contributed by atoms with Crippen LogP contribution in [0, 0.1) is 12.8 Å². The van der Waals surface area contributed by atoms with Gasteiger partial charge in [-0.1, -0.05) is 44.2 Å². The van der Waals surface area contributed by atoms with E-state index < -0.39 is 0 Å². The Labute approximate surface area is 173 Å². The Hall–Kier alpha value is -2.82. The van der Waals surface area contributed by atoms with Gasteiger partial charge in [0.1, 0.15) is 5.75 Å². The van der Waals surface area contributed by atoms with Gasteiger partial charge in [-0.3, -0.25) is 9.59 Å². The van der Waals surface area contributed by atoms with Crippen LogP contribution in [-0.2, 0) is 9.59 Å². The number of rotatable bonds is 6. The maximum absolute atomic E-state index is 12.7. The summed E-state index contributed by atoms with van der Waals surface area (Å²) >= 11 is 0. The van der Waals surface area contributed by atoms with Crippen molar-refractivity contribution in [1.82, 2.24) is 4.90 Å². The van der Waals surface area contributed by atoms with E-state index in [1.165, 1.54) is 0 Å². The van der Waals surface area contributed by atoms with Crippen LogP contribution in [0.1, 0.15) is 43.7 Å². The van der Waals surface area contributed by atoms with Gasteiger partial charge in [-0.2, -0.15) is 0 Å². The predicted molar refractivity (Wildman–Crippen MR) is 115 cm³/mol. The van der Waals surface area contributed by atoms with Crippen molar-refractivity contribution in [3.63, 3.8) is 0 Å². The number of hydrogen-bond acceptors (Lipinski definition) is 3. The number of likely N-dealkylation sites (tertiary alicyclic amines) is 1. The third-order valence-corrected chi connectivity index (χ3v) is 5.33. The lowest BCUT2D eigenvalue weighted by atomic mass is 9.97. The molecule has 5 heteroatoms. The van der Waals surface area contributed by atoms with Crippen molar-refractivity contribution >= 4 is 17.5 Å². The Kier molecular flexibility index (Phi) is 6.91. The molecule has 0 saturated carbocycles. The number of anilines is 1. The van der Waals surface area contributed by atoms with Gasteiger partial charge in [-0.25, -0.2) is 0 Å². The third kappa shape index (κ3) is 5.59. The highest BCUT2D eigenvalue weighted by atomic mass is 16.5. The van der Waals surface area contributed by atoms with Crippen LogP contribution in [0.4, 0.5) is 5.69 Å². The topological polar surface area (TPSA) is 58.6 Å². The molecule has 3 rings (SSSR count). The minimum Gasteiger partial charge on any atom is -0.483 e. The number of piperidine rings is 1. The van der Waals surface area contributed by atoms with Gasteiger partial charge >= 0.3 is 0 Å². The molecule has 2 amide bonds. The Bertz CT molecular complexity index is 848. The molecule has 1 aliphatic heterocycles. The SMILES string of the molecule is Cc1ccc(C(C)C)c(OCC(=O)N2CCC[C@@H](C(=O)Nc3ccccc3)C2)c1. The average Bonchev–Trinajstić information content (AvgIpc) is 2.72. The first kappa shape index (κ1) is 20.9. The molecule has 0 bridgehead atoms. The molecule has 1 saturated heterocycles. The lowest BCUT2D eigenvalue weighted by Crippen LogP contribution is -2.45. The van der Waals surface area contributed by atoms with Crippen molar-refractivity contribution in [3.8, 4) is 5.75 Å². The molecule has 1 atom stereocenters. The van der Waals surface area contributed by atoms with E-state index in [4.69, 9.17) is 4.74 Å². The summed E-state index contributed by atoms with van der Waals surface area (Å²) in [5.74, 6) is 0.789. The minimum absolute atomic E-state index is 0.00377. The summed E-state index contributed by atoms with van der Waals surface area (Å²) in [5.41, 5.74) is 2.99. The van der Waals surface area contributed by atoms with Crippen molar-refractivity contribution in [1.29, 1.82) is 0 Å². The third-order valence-electron chi connectivity index (χ3n) is 5.33. The number of aryl methyl sites for hydroxylation is 1. The number of amides is 2. The fourth-order valence-corrected chi connectivity index (χ4v) is 3.66. The molecule has 0 unspecified atom stereocenters. The molecular weight excluding hydrogens is 364 g/mol. The number of ether oxygens (including phenoxy) is 1. The van der Waals surface area contributed by atoms with Gasteiger partial charge in [0.25, 0.3) is 5.91 Å². The van der Waals surface area contributed by atoms with Crippen molar-refractivity contribution in [3.05, 3.63) is 59.7 Å². The summed E-state index contributed by atoms with van der Waals surface area (Å²) in [6, 6.07) is 15.5. The van der Waals surface area contributed by atoms with Crippen LogP contribution in [0.25, 0.3) is 0 Å².